The second kappa shape index (κ2) is 5.24. The lowest BCUT2D eigenvalue weighted by atomic mass is 9.81. The number of ether oxygens (including phenoxy) is 1. The van der Waals surface area contributed by atoms with E-state index in [0.29, 0.717) is 6.42 Å². The van der Waals surface area contributed by atoms with Gasteiger partial charge in [0, 0.05) is 6.42 Å². The van der Waals surface area contributed by atoms with Crippen LogP contribution in [0, 0.1) is 5.41 Å². The van der Waals surface area contributed by atoms with Gasteiger partial charge >= 0.3 is 5.97 Å². The largest absolute Gasteiger partial charge is 0.492 e. The zero-order valence-corrected chi connectivity index (χ0v) is 12.0. The van der Waals surface area contributed by atoms with Gasteiger partial charge < -0.3 is 9.84 Å². The van der Waals surface area contributed by atoms with E-state index in [1.807, 2.05) is 30.3 Å². The molecular weight excluding hydrogens is 264 g/mol. The quantitative estimate of drug-likeness (QED) is 0.939. The standard InChI is InChI=1S/C18H18O3/c1-18(17(19)20)11-15-9-5-8-14(16(15)21-12-18)10-13-6-3-2-4-7-13/h2-9H,10-12H2,1H3,(H,19,20). The van der Waals surface area contributed by atoms with Gasteiger partial charge in [0.05, 0.1) is 0 Å². The van der Waals surface area contributed by atoms with Crippen LogP contribution in [0.25, 0.3) is 0 Å². The van der Waals surface area contributed by atoms with Crippen LogP contribution >= 0.6 is 0 Å². The van der Waals surface area contributed by atoms with Gasteiger partial charge in [0.2, 0.25) is 0 Å². The van der Waals surface area contributed by atoms with Crippen LogP contribution in [0.4, 0.5) is 0 Å². The Balaban J connectivity index is 1.91. The molecule has 0 saturated heterocycles. The van der Waals surface area contributed by atoms with Crippen molar-refractivity contribution in [1.82, 2.24) is 0 Å². The number of hydrogen-bond acceptors (Lipinski definition) is 2. The Hall–Kier alpha value is -2.29. The molecule has 1 aliphatic rings. The van der Waals surface area contributed by atoms with E-state index < -0.39 is 11.4 Å². The normalized spacial score (nSPS) is 20.4. The molecule has 2 aromatic carbocycles. The first-order valence-electron chi connectivity index (χ1n) is 7.09. The van der Waals surface area contributed by atoms with Crippen molar-refractivity contribution in [2.24, 2.45) is 5.41 Å². The first-order valence-corrected chi connectivity index (χ1v) is 7.09. The molecule has 1 heterocycles. The summed E-state index contributed by atoms with van der Waals surface area (Å²) < 4.78 is 5.82. The molecule has 0 aromatic heterocycles. The van der Waals surface area contributed by atoms with Gasteiger partial charge in [-0.25, -0.2) is 0 Å². The SMILES string of the molecule is CC1(C(=O)O)COc2c(Cc3ccccc3)cccc2C1. The minimum atomic E-state index is -0.835. The molecule has 0 amide bonds. The number of para-hydroxylation sites is 1. The van der Waals surface area contributed by atoms with E-state index in [0.717, 1.165) is 23.3 Å². The number of hydrogen-bond donors (Lipinski definition) is 1. The topological polar surface area (TPSA) is 46.5 Å². The van der Waals surface area contributed by atoms with E-state index in [-0.39, 0.29) is 6.61 Å². The number of fused-ring (bicyclic) bond motifs is 1. The first kappa shape index (κ1) is 13.7. The van der Waals surface area contributed by atoms with Crippen LogP contribution in [0.5, 0.6) is 5.75 Å². The highest BCUT2D eigenvalue weighted by Crippen LogP contribution is 2.37. The monoisotopic (exact) mass is 282 g/mol. The fourth-order valence-corrected chi connectivity index (χ4v) is 2.76. The van der Waals surface area contributed by atoms with Crippen molar-refractivity contribution in [3.63, 3.8) is 0 Å². The Morgan fingerprint density at radius 2 is 1.95 bits per heavy atom. The molecule has 2 aromatic rings. The van der Waals surface area contributed by atoms with Gasteiger partial charge in [0.25, 0.3) is 0 Å². The van der Waals surface area contributed by atoms with Gasteiger partial charge in [0.1, 0.15) is 17.8 Å². The Labute approximate surface area is 124 Å². The van der Waals surface area contributed by atoms with E-state index >= 15 is 0 Å². The molecule has 0 radical (unpaired) electrons. The van der Waals surface area contributed by atoms with Gasteiger partial charge in [0.15, 0.2) is 0 Å². The lowest BCUT2D eigenvalue weighted by molar-refractivity contribution is -0.150. The molecular formula is C18H18O3. The highest BCUT2D eigenvalue weighted by molar-refractivity contribution is 5.75. The molecule has 3 nitrogen and oxygen atoms in total. The number of aliphatic carboxylic acids is 1. The lowest BCUT2D eigenvalue weighted by Crippen LogP contribution is -2.39. The summed E-state index contributed by atoms with van der Waals surface area (Å²) in [5, 5.41) is 9.35. The lowest BCUT2D eigenvalue weighted by Gasteiger charge is -2.32. The molecule has 0 aliphatic carbocycles. The predicted octanol–water partition coefficient (Wildman–Crippen LogP) is 3.30. The molecule has 3 heteroatoms. The maximum Gasteiger partial charge on any atom is 0.313 e. The Morgan fingerprint density at radius 3 is 2.67 bits per heavy atom. The van der Waals surface area contributed by atoms with Crippen LogP contribution in [0.3, 0.4) is 0 Å². The Bertz CT molecular complexity index is 663. The van der Waals surface area contributed by atoms with Crippen LogP contribution in [-0.2, 0) is 17.6 Å². The number of carboxylic acid groups (broad SMARTS) is 1. The summed E-state index contributed by atoms with van der Waals surface area (Å²) in [6.07, 6.45) is 1.31. The van der Waals surface area contributed by atoms with E-state index in [1.54, 1.807) is 6.92 Å². The van der Waals surface area contributed by atoms with Crippen LogP contribution in [0.1, 0.15) is 23.6 Å². The van der Waals surface area contributed by atoms with Crippen LogP contribution < -0.4 is 4.74 Å². The van der Waals surface area contributed by atoms with Gasteiger partial charge in [-0.05, 0) is 30.0 Å². The Morgan fingerprint density at radius 1 is 1.19 bits per heavy atom. The summed E-state index contributed by atoms with van der Waals surface area (Å²) in [7, 11) is 0. The summed E-state index contributed by atoms with van der Waals surface area (Å²) in [6.45, 7) is 1.96. The van der Waals surface area contributed by atoms with Crippen LogP contribution in [0.15, 0.2) is 48.5 Å². The summed E-state index contributed by atoms with van der Waals surface area (Å²) in [5.74, 6) is 0.0571. The molecule has 1 unspecified atom stereocenters. The minimum Gasteiger partial charge on any atom is -0.492 e. The van der Waals surface area contributed by atoms with Crippen molar-refractivity contribution >= 4 is 5.97 Å². The number of carboxylic acids is 1. The predicted molar refractivity (Wildman–Crippen MR) is 80.6 cm³/mol. The van der Waals surface area contributed by atoms with Gasteiger partial charge in [-0.3, -0.25) is 4.79 Å². The van der Waals surface area contributed by atoms with E-state index in [9.17, 15) is 9.90 Å². The molecule has 21 heavy (non-hydrogen) atoms. The van der Waals surface area contributed by atoms with Gasteiger partial charge in [-0.15, -0.1) is 0 Å². The highest BCUT2D eigenvalue weighted by atomic mass is 16.5. The molecule has 0 fully saturated rings. The van der Waals surface area contributed by atoms with Crippen molar-refractivity contribution < 1.29 is 14.6 Å². The molecule has 0 spiro atoms. The zero-order chi connectivity index (χ0) is 14.9. The second-order valence-corrected chi connectivity index (χ2v) is 5.90. The van der Waals surface area contributed by atoms with Crippen LogP contribution in [-0.4, -0.2) is 17.7 Å². The van der Waals surface area contributed by atoms with Crippen molar-refractivity contribution in [1.29, 1.82) is 0 Å². The Kier molecular flexibility index (Phi) is 3.42. The van der Waals surface area contributed by atoms with Gasteiger partial charge in [-0.1, -0.05) is 48.5 Å². The average molecular weight is 282 g/mol. The van der Waals surface area contributed by atoms with Crippen molar-refractivity contribution in [2.45, 2.75) is 19.8 Å². The molecule has 108 valence electrons. The summed E-state index contributed by atoms with van der Waals surface area (Å²) in [6, 6.07) is 16.2. The average Bonchev–Trinajstić information content (AvgIpc) is 2.48. The number of carbonyl (C=O) groups is 1. The van der Waals surface area contributed by atoms with Crippen molar-refractivity contribution in [3.05, 3.63) is 65.2 Å². The highest BCUT2D eigenvalue weighted by Gasteiger charge is 2.39. The molecule has 3 rings (SSSR count). The van der Waals surface area contributed by atoms with E-state index in [4.69, 9.17) is 4.74 Å². The number of benzene rings is 2. The summed E-state index contributed by atoms with van der Waals surface area (Å²) in [4.78, 5) is 11.4. The van der Waals surface area contributed by atoms with Crippen molar-refractivity contribution in [2.75, 3.05) is 6.61 Å². The third-order valence-corrected chi connectivity index (χ3v) is 4.05. The zero-order valence-electron chi connectivity index (χ0n) is 12.0. The smallest absolute Gasteiger partial charge is 0.313 e. The maximum atomic E-state index is 11.4. The molecule has 1 atom stereocenters. The summed E-state index contributed by atoms with van der Waals surface area (Å²) in [5.41, 5.74) is 2.49. The van der Waals surface area contributed by atoms with Gasteiger partial charge in [-0.2, -0.15) is 0 Å². The fourth-order valence-electron chi connectivity index (χ4n) is 2.76. The summed E-state index contributed by atoms with van der Waals surface area (Å²) >= 11 is 0. The second-order valence-electron chi connectivity index (χ2n) is 5.90. The van der Waals surface area contributed by atoms with E-state index in [1.165, 1.54) is 5.56 Å². The molecule has 1 N–H and O–H groups in total. The minimum absolute atomic E-state index is 0.223. The van der Waals surface area contributed by atoms with E-state index in [2.05, 4.69) is 18.2 Å². The van der Waals surface area contributed by atoms with Crippen molar-refractivity contribution in [3.8, 4) is 5.75 Å². The molecule has 1 aliphatic heterocycles. The molecule has 0 saturated carbocycles. The van der Waals surface area contributed by atoms with Crippen LogP contribution in [0.2, 0.25) is 0 Å². The molecule has 0 bridgehead atoms. The number of rotatable bonds is 3. The third kappa shape index (κ3) is 2.64. The fraction of sp³-hybridized carbons (Fsp3) is 0.278. The third-order valence-electron chi connectivity index (χ3n) is 4.05. The first-order chi connectivity index (χ1) is 10.1. The maximum absolute atomic E-state index is 11.4.